The van der Waals surface area contributed by atoms with Crippen molar-refractivity contribution in [2.75, 3.05) is 6.54 Å². The zero-order valence-electron chi connectivity index (χ0n) is 12.2. The van der Waals surface area contributed by atoms with Crippen molar-refractivity contribution in [3.8, 4) is 11.1 Å². The van der Waals surface area contributed by atoms with Crippen molar-refractivity contribution in [3.05, 3.63) is 59.2 Å². The van der Waals surface area contributed by atoms with Gasteiger partial charge in [-0.25, -0.2) is 0 Å². The van der Waals surface area contributed by atoms with E-state index in [9.17, 15) is 0 Å². The lowest BCUT2D eigenvalue weighted by Crippen LogP contribution is -2.11. The Hall–Kier alpha value is -1.35. The average Bonchev–Trinajstić information content (AvgIpc) is 2.85. The lowest BCUT2D eigenvalue weighted by molar-refractivity contribution is 0.591. The summed E-state index contributed by atoms with van der Waals surface area (Å²) < 4.78 is 0. The summed E-state index contributed by atoms with van der Waals surface area (Å²) in [6.07, 6.45) is 4.22. The molecule has 2 aromatic rings. The molecule has 3 heteroatoms. The molecule has 0 spiro atoms. The number of fused-ring (bicyclic) bond motifs is 3. The molecular weight excluding hydrogens is 280 g/mol. The monoisotopic (exact) mass is 302 g/mol. The second kappa shape index (κ2) is 7.08. The number of halogens is 1. The Balaban J connectivity index is 0.00000161. The van der Waals surface area contributed by atoms with E-state index < -0.39 is 0 Å². The molecule has 0 aliphatic heterocycles. The van der Waals surface area contributed by atoms with E-state index in [2.05, 4.69) is 42.5 Å². The molecule has 2 aromatic carbocycles. The minimum atomic E-state index is 0. The summed E-state index contributed by atoms with van der Waals surface area (Å²) in [4.78, 5) is 0. The van der Waals surface area contributed by atoms with Crippen LogP contribution in [0.2, 0.25) is 0 Å². The summed E-state index contributed by atoms with van der Waals surface area (Å²) in [5.74, 6) is 0. The fourth-order valence-electron chi connectivity index (χ4n) is 3.07. The van der Waals surface area contributed by atoms with Crippen molar-refractivity contribution >= 4 is 12.4 Å². The van der Waals surface area contributed by atoms with Gasteiger partial charge in [-0.15, -0.1) is 12.4 Å². The smallest absolute Gasteiger partial charge is 0.0294 e. The first-order chi connectivity index (χ1) is 9.79. The molecule has 112 valence electrons. The molecule has 1 aliphatic carbocycles. The van der Waals surface area contributed by atoms with E-state index in [-0.39, 0.29) is 18.4 Å². The third-order valence-corrected chi connectivity index (χ3v) is 4.22. The highest BCUT2D eigenvalue weighted by Crippen LogP contribution is 2.37. The Kier molecular flexibility index (Phi) is 5.40. The molecule has 0 amide bonds. The molecule has 1 atom stereocenters. The first-order valence-electron chi connectivity index (χ1n) is 7.46. The van der Waals surface area contributed by atoms with Gasteiger partial charge in [-0.2, -0.15) is 0 Å². The third-order valence-electron chi connectivity index (χ3n) is 4.22. The molecule has 0 fully saturated rings. The highest BCUT2D eigenvalue weighted by Gasteiger charge is 2.18. The van der Waals surface area contributed by atoms with E-state index in [0.29, 0.717) is 0 Å². The van der Waals surface area contributed by atoms with Crippen LogP contribution >= 0.6 is 12.4 Å². The molecule has 0 saturated carbocycles. The molecular formula is C18H23ClN2. The van der Waals surface area contributed by atoms with Crippen molar-refractivity contribution in [2.45, 2.75) is 31.7 Å². The lowest BCUT2D eigenvalue weighted by atomic mass is 9.97. The topological polar surface area (TPSA) is 52.0 Å². The Bertz CT molecular complexity index is 610. The fourth-order valence-corrected chi connectivity index (χ4v) is 3.07. The normalized spacial score (nSPS) is 13.2. The van der Waals surface area contributed by atoms with E-state index in [0.717, 1.165) is 32.2 Å². The number of hydrogen-bond donors (Lipinski definition) is 2. The number of benzene rings is 2. The van der Waals surface area contributed by atoms with Gasteiger partial charge in [0, 0.05) is 6.04 Å². The zero-order valence-corrected chi connectivity index (χ0v) is 13.0. The Morgan fingerprint density at radius 2 is 1.71 bits per heavy atom. The van der Waals surface area contributed by atoms with E-state index in [1.807, 2.05) is 0 Å². The summed E-state index contributed by atoms with van der Waals surface area (Å²) in [7, 11) is 0. The van der Waals surface area contributed by atoms with Crippen LogP contribution in [-0.2, 0) is 6.42 Å². The van der Waals surface area contributed by atoms with Gasteiger partial charge in [-0.1, -0.05) is 48.9 Å². The van der Waals surface area contributed by atoms with Gasteiger partial charge >= 0.3 is 0 Å². The summed E-state index contributed by atoms with van der Waals surface area (Å²) in [6.45, 7) is 0.756. The zero-order chi connectivity index (χ0) is 13.9. The van der Waals surface area contributed by atoms with Crippen LogP contribution in [0, 0.1) is 0 Å². The maximum absolute atomic E-state index is 6.29. The van der Waals surface area contributed by atoms with Crippen LogP contribution in [0.3, 0.4) is 0 Å². The van der Waals surface area contributed by atoms with Crippen LogP contribution in [0.1, 0.15) is 42.0 Å². The van der Waals surface area contributed by atoms with Gasteiger partial charge in [0.25, 0.3) is 0 Å². The highest BCUT2D eigenvalue weighted by atomic mass is 35.5. The predicted molar refractivity (Wildman–Crippen MR) is 91.8 cm³/mol. The minimum absolute atomic E-state index is 0. The third kappa shape index (κ3) is 3.29. The van der Waals surface area contributed by atoms with Crippen LogP contribution < -0.4 is 11.5 Å². The van der Waals surface area contributed by atoms with Gasteiger partial charge < -0.3 is 11.5 Å². The Labute approximate surface area is 133 Å². The van der Waals surface area contributed by atoms with E-state index in [1.165, 1.54) is 27.8 Å². The Morgan fingerprint density at radius 3 is 2.52 bits per heavy atom. The SMILES string of the molecule is Cl.NCCCC[C@@H](N)c1ccc2c(c1)Cc1ccccc1-2. The van der Waals surface area contributed by atoms with Crippen molar-refractivity contribution < 1.29 is 0 Å². The Morgan fingerprint density at radius 1 is 0.952 bits per heavy atom. The number of hydrogen-bond acceptors (Lipinski definition) is 2. The molecule has 0 heterocycles. The molecule has 21 heavy (non-hydrogen) atoms. The summed E-state index contributed by atoms with van der Waals surface area (Å²) in [6, 6.07) is 15.5. The fraction of sp³-hybridized carbons (Fsp3) is 0.333. The molecule has 3 rings (SSSR count). The number of unbranched alkanes of at least 4 members (excludes halogenated alkanes) is 1. The summed E-state index contributed by atoms with van der Waals surface area (Å²) >= 11 is 0. The standard InChI is InChI=1S/C18H22N2.ClH/c19-10-4-3-7-18(20)14-8-9-17-15(12-14)11-13-5-1-2-6-16(13)17;/h1-2,5-6,8-9,12,18H,3-4,7,10-11,19-20H2;1H/t18-;/m1./s1. The number of nitrogens with two attached hydrogens (primary N) is 2. The van der Waals surface area contributed by atoms with Gasteiger partial charge in [0.05, 0.1) is 0 Å². The van der Waals surface area contributed by atoms with Gasteiger partial charge in [0.15, 0.2) is 0 Å². The molecule has 0 aromatic heterocycles. The number of rotatable bonds is 5. The molecule has 0 radical (unpaired) electrons. The van der Waals surface area contributed by atoms with Gasteiger partial charge in [0.1, 0.15) is 0 Å². The van der Waals surface area contributed by atoms with Crippen LogP contribution in [0.25, 0.3) is 11.1 Å². The minimum Gasteiger partial charge on any atom is -0.330 e. The maximum atomic E-state index is 6.29. The first-order valence-corrected chi connectivity index (χ1v) is 7.46. The highest BCUT2D eigenvalue weighted by molar-refractivity contribution is 5.85. The molecule has 4 N–H and O–H groups in total. The summed E-state index contributed by atoms with van der Waals surface area (Å²) in [5, 5.41) is 0. The van der Waals surface area contributed by atoms with Crippen LogP contribution in [-0.4, -0.2) is 6.54 Å². The molecule has 1 aliphatic rings. The van der Waals surface area contributed by atoms with Crippen LogP contribution in [0.15, 0.2) is 42.5 Å². The van der Waals surface area contributed by atoms with Crippen molar-refractivity contribution in [2.24, 2.45) is 11.5 Å². The predicted octanol–water partition coefficient (Wildman–Crippen LogP) is 3.81. The summed E-state index contributed by atoms with van der Waals surface area (Å²) in [5.41, 5.74) is 18.7. The van der Waals surface area contributed by atoms with E-state index >= 15 is 0 Å². The van der Waals surface area contributed by atoms with Gasteiger partial charge in [-0.3, -0.25) is 0 Å². The van der Waals surface area contributed by atoms with Crippen LogP contribution in [0.4, 0.5) is 0 Å². The van der Waals surface area contributed by atoms with Crippen molar-refractivity contribution in [1.29, 1.82) is 0 Å². The van der Waals surface area contributed by atoms with Crippen molar-refractivity contribution in [1.82, 2.24) is 0 Å². The largest absolute Gasteiger partial charge is 0.330 e. The van der Waals surface area contributed by atoms with E-state index in [1.54, 1.807) is 0 Å². The maximum Gasteiger partial charge on any atom is 0.0294 e. The van der Waals surface area contributed by atoms with Gasteiger partial charge in [0.2, 0.25) is 0 Å². The second-order valence-electron chi connectivity index (χ2n) is 5.64. The average molecular weight is 303 g/mol. The van der Waals surface area contributed by atoms with Crippen molar-refractivity contribution in [3.63, 3.8) is 0 Å². The lowest BCUT2D eigenvalue weighted by Gasteiger charge is -2.13. The van der Waals surface area contributed by atoms with Gasteiger partial charge in [-0.05, 0) is 53.6 Å². The van der Waals surface area contributed by atoms with E-state index in [4.69, 9.17) is 11.5 Å². The molecule has 2 nitrogen and oxygen atoms in total. The first kappa shape index (κ1) is 16.0. The molecule has 0 unspecified atom stereocenters. The molecule has 0 saturated heterocycles. The molecule has 0 bridgehead atoms. The van der Waals surface area contributed by atoms with Crippen LogP contribution in [0.5, 0.6) is 0 Å². The second-order valence-corrected chi connectivity index (χ2v) is 5.64. The quantitative estimate of drug-likeness (QED) is 0.704.